The summed E-state index contributed by atoms with van der Waals surface area (Å²) in [6, 6.07) is 5.24. The van der Waals surface area contributed by atoms with Crippen LogP contribution < -0.4 is 5.14 Å². The fraction of sp³-hybridized carbons (Fsp3) is 0.333. The van der Waals surface area contributed by atoms with E-state index in [1.54, 1.807) is 18.2 Å². The Kier molecular flexibility index (Phi) is 4.72. The molecule has 114 valence electrons. The molecule has 2 rings (SSSR count). The third kappa shape index (κ3) is 3.63. The molecule has 0 aliphatic carbocycles. The minimum atomic E-state index is -3.94. The van der Waals surface area contributed by atoms with Crippen molar-refractivity contribution in [2.45, 2.75) is 25.5 Å². The van der Waals surface area contributed by atoms with Gasteiger partial charge in [0.25, 0.3) is 15.2 Å². The molecule has 1 heterocycles. The summed E-state index contributed by atoms with van der Waals surface area (Å²) in [5.41, 5.74) is 0.672. The summed E-state index contributed by atoms with van der Waals surface area (Å²) in [5, 5.41) is 13.1. The van der Waals surface area contributed by atoms with Crippen molar-refractivity contribution in [1.82, 2.24) is 14.8 Å². The molecular weight excluding hydrogens is 380 g/mol. The van der Waals surface area contributed by atoms with E-state index in [0.717, 1.165) is 4.47 Å². The Morgan fingerprint density at radius 2 is 2.05 bits per heavy atom. The molecule has 0 spiro atoms. The number of benzene rings is 1. The van der Waals surface area contributed by atoms with Gasteiger partial charge >= 0.3 is 0 Å². The molecule has 1 aromatic heterocycles. The van der Waals surface area contributed by atoms with E-state index in [9.17, 15) is 8.42 Å². The lowest BCUT2D eigenvalue weighted by Gasteiger charge is -2.12. The highest BCUT2D eigenvalue weighted by molar-refractivity contribution is 9.10. The highest BCUT2D eigenvalue weighted by Gasteiger charge is 2.22. The van der Waals surface area contributed by atoms with E-state index in [2.05, 4.69) is 26.1 Å². The predicted octanol–water partition coefficient (Wildman–Crippen LogP) is 2.66. The van der Waals surface area contributed by atoms with Crippen LogP contribution in [0, 0.1) is 5.92 Å². The first kappa shape index (κ1) is 16.4. The fourth-order valence-electron chi connectivity index (χ4n) is 1.88. The smallest absolute Gasteiger partial charge is 0.273 e. The molecule has 0 bridgehead atoms. The molecule has 0 aliphatic heterocycles. The summed E-state index contributed by atoms with van der Waals surface area (Å²) in [4.78, 5) is 0. The Morgan fingerprint density at radius 3 is 2.57 bits per heavy atom. The number of hydrogen-bond donors (Lipinski definition) is 1. The number of primary sulfonamides is 1. The van der Waals surface area contributed by atoms with Gasteiger partial charge in [0, 0.05) is 16.6 Å². The zero-order valence-corrected chi connectivity index (χ0v) is 14.6. The van der Waals surface area contributed by atoms with Gasteiger partial charge in [0.2, 0.25) is 0 Å². The van der Waals surface area contributed by atoms with Crippen molar-refractivity contribution < 1.29 is 8.42 Å². The third-order valence-electron chi connectivity index (χ3n) is 2.70. The molecular formula is C12H14BrClN4O2S. The van der Waals surface area contributed by atoms with Crippen molar-refractivity contribution in [2.75, 3.05) is 0 Å². The Balaban J connectivity index is 2.63. The Bertz CT molecular complexity index is 774. The van der Waals surface area contributed by atoms with Crippen LogP contribution in [0.15, 0.2) is 27.8 Å². The van der Waals surface area contributed by atoms with E-state index in [-0.39, 0.29) is 11.1 Å². The molecule has 0 fully saturated rings. The zero-order chi connectivity index (χ0) is 15.8. The predicted molar refractivity (Wildman–Crippen MR) is 84.4 cm³/mol. The molecule has 0 amide bonds. The van der Waals surface area contributed by atoms with E-state index in [0.29, 0.717) is 23.0 Å². The van der Waals surface area contributed by atoms with E-state index in [4.69, 9.17) is 16.7 Å². The summed E-state index contributed by atoms with van der Waals surface area (Å²) < 4.78 is 25.5. The summed E-state index contributed by atoms with van der Waals surface area (Å²) >= 11 is 9.38. The molecule has 2 aromatic rings. The van der Waals surface area contributed by atoms with Crippen LogP contribution in [0.2, 0.25) is 5.02 Å². The number of aromatic nitrogens is 3. The van der Waals surface area contributed by atoms with Gasteiger partial charge in [0.05, 0.1) is 5.02 Å². The van der Waals surface area contributed by atoms with Crippen LogP contribution in [0.4, 0.5) is 0 Å². The van der Waals surface area contributed by atoms with Gasteiger partial charge in [-0.1, -0.05) is 25.4 Å². The number of nitrogens with two attached hydrogens (primary N) is 1. The van der Waals surface area contributed by atoms with Crippen LogP contribution in [-0.2, 0) is 16.6 Å². The second-order valence-electron chi connectivity index (χ2n) is 4.98. The molecule has 0 atom stereocenters. The average Bonchev–Trinajstić information content (AvgIpc) is 2.75. The van der Waals surface area contributed by atoms with E-state index >= 15 is 0 Å². The van der Waals surface area contributed by atoms with Gasteiger partial charge in [-0.15, -0.1) is 10.2 Å². The Labute approximate surface area is 136 Å². The highest BCUT2D eigenvalue weighted by atomic mass is 79.9. The monoisotopic (exact) mass is 392 g/mol. The van der Waals surface area contributed by atoms with E-state index < -0.39 is 10.0 Å². The first-order valence-corrected chi connectivity index (χ1v) is 8.83. The average molecular weight is 394 g/mol. The van der Waals surface area contributed by atoms with Gasteiger partial charge in [-0.25, -0.2) is 13.6 Å². The molecule has 0 aliphatic rings. The maximum absolute atomic E-state index is 11.6. The largest absolute Gasteiger partial charge is 0.296 e. The number of hydrogen-bond acceptors (Lipinski definition) is 4. The normalized spacial score (nSPS) is 12.1. The second-order valence-corrected chi connectivity index (χ2v) is 7.70. The molecule has 0 radical (unpaired) electrons. The minimum absolute atomic E-state index is 0.200. The molecule has 6 nitrogen and oxygen atoms in total. The summed E-state index contributed by atoms with van der Waals surface area (Å²) in [6.45, 7) is 4.36. The van der Waals surface area contributed by atoms with Crippen molar-refractivity contribution in [2.24, 2.45) is 11.1 Å². The van der Waals surface area contributed by atoms with Crippen LogP contribution in [0.5, 0.6) is 0 Å². The van der Waals surface area contributed by atoms with E-state index in [1.165, 1.54) is 4.57 Å². The van der Waals surface area contributed by atoms with Crippen LogP contribution >= 0.6 is 27.5 Å². The zero-order valence-electron chi connectivity index (χ0n) is 11.4. The highest BCUT2D eigenvalue weighted by Crippen LogP contribution is 2.29. The maximum Gasteiger partial charge on any atom is 0.273 e. The first-order chi connectivity index (χ1) is 9.70. The molecule has 0 unspecified atom stereocenters. The first-order valence-electron chi connectivity index (χ1n) is 6.11. The third-order valence-corrected chi connectivity index (χ3v) is 4.74. The van der Waals surface area contributed by atoms with Crippen LogP contribution in [0.1, 0.15) is 13.8 Å². The van der Waals surface area contributed by atoms with Crippen molar-refractivity contribution in [1.29, 1.82) is 0 Å². The standard InChI is InChI=1S/C12H14BrClN4O2S/c1-7(2)6-18-11(16-17-12(18)21(15,19)20)8-3-4-9(13)10(14)5-8/h3-5,7H,6H2,1-2H3,(H2,15,19,20). The van der Waals surface area contributed by atoms with Gasteiger partial charge in [-0.3, -0.25) is 4.57 Å². The topological polar surface area (TPSA) is 90.9 Å². The SMILES string of the molecule is CC(C)Cn1c(-c2ccc(Br)c(Cl)c2)nnc1S(N)(=O)=O. The molecule has 2 N–H and O–H groups in total. The van der Waals surface area contributed by atoms with Gasteiger partial charge in [-0.2, -0.15) is 0 Å². The number of halogens is 2. The van der Waals surface area contributed by atoms with Gasteiger partial charge in [0.1, 0.15) is 0 Å². The van der Waals surface area contributed by atoms with E-state index in [1.807, 2.05) is 13.8 Å². The Hall–Kier alpha value is -0.960. The number of sulfonamides is 1. The summed E-state index contributed by atoms with van der Waals surface area (Å²) in [7, 11) is -3.94. The van der Waals surface area contributed by atoms with Crippen molar-refractivity contribution in [3.8, 4) is 11.4 Å². The lowest BCUT2D eigenvalue weighted by molar-refractivity contribution is 0.486. The summed E-state index contributed by atoms with van der Waals surface area (Å²) in [5.74, 6) is 0.619. The second kappa shape index (κ2) is 6.04. The van der Waals surface area contributed by atoms with Crippen molar-refractivity contribution in [3.05, 3.63) is 27.7 Å². The van der Waals surface area contributed by atoms with Gasteiger partial charge < -0.3 is 0 Å². The molecule has 0 saturated carbocycles. The van der Waals surface area contributed by atoms with Gasteiger partial charge in [0.15, 0.2) is 5.82 Å². The van der Waals surface area contributed by atoms with Crippen LogP contribution in [-0.4, -0.2) is 23.2 Å². The maximum atomic E-state index is 11.6. The molecule has 1 aromatic carbocycles. The molecule has 9 heteroatoms. The fourth-order valence-corrected chi connectivity index (χ4v) is 2.93. The Morgan fingerprint density at radius 1 is 1.38 bits per heavy atom. The van der Waals surface area contributed by atoms with Crippen molar-refractivity contribution in [3.63, 3.8) is 0 Å². The summed E-state index contributed by atoms with van der Waals surface area (Å²) in [6.07, 6.45) is 0. The minimum Gasteiger partial charge on any atom is -0.296 e. The molecule has 21 heavy (non-hydrogen) atoms. The lowest BCUT2D eigenvalue weighted by atomic mass is 10.2. The molecule has 0 saturated heterocycles. The quantitative estimate of drug-likeness (QED) is 0.864. The number of nitrogens with zero attached hydrogens (tertiary/aromatic N) is 3. The van der Waals surface area contributed by atoms with Crippen molar-refractivity contribution >= 4 is 37.6 Å². The number of rotatable bonds is 4. The van der Waals surface area contributed by atoms with Crippen LogP contribution in [0.25, 0.3) is 11.4 Å². The van der Waals surface area contributed by atoms with Gasteiger partial charge in [-0.05, 0) is 40.0 Å². The lowest BCUT2D eigenvalue weighted by Crippen LogP contribution is -2.20. The van der Waals surface area contributed by atoms with Crippen LogP contribution in [0.3, 0.4) is 0 Å².